The monoisotopic (exact) mass is 397 g/mol. The van der Waals surface area contributed by atoms with Crippen molar-refractivity contribution < 1.29 is 19.2 Å². The number of nitrogens with one attached hydrogen (secondary N) is 1. The van der Waals surface area contributed by atoms with Crippen molar-refractivity contribution in [3.05, 3.63) is 57.6 Å². The number of fused-ring (bicyclic) bond motifs is 1. The third kappa shape index (κ3) is 4.37. The van der Waals surface area contributed by atoms with Gasteiger partial charge in [-0.2, -0.15) is 0 Å². The molecule has 29 heavy (non-hydrogen) atoms. The second-order valence-corrected chi connectivity index (χ2v) is 7.54. The Balaban J connectivity index is 1.89. The minimum Gasteiger partial charge on any atom is -0.478 e. The van der Waals surface area contributed by atoms with Crippen LogP contribution in [0.15, 0.2) is 36.4 Å². The van der Waals surface area contributed by atoms with Crippen LogP contribution in [0, 0.1) is 29.9 Å². The first-order valence-electron chi connectivity index (χ1n) is 9.30. The van der Waals surface area contributed by atoms with Crippen molar-refractivity contribution in [1.29, 1.82) is 0 Å². The molecule has 1 aliphatic rings. The average Bonchev–Trinajstić information content (AvgIpc) is 2.62. The molecule has 2 aromatic rings. The fraction of sp³-hybridized carbons (Fsp3) is 0.333. The second-order valence-electron chi connectivity index (χ2n) is 7.54. The summed E-state index contributed by atoms with van der Waals surface area (Å²) in [4.78, 5) is 37.5. The lowest BCUT2D eigenvalue weighted by molar-refractivity contribution is -0.384. The first-order valence-corrected chi connectivity index (χ1v) is 9.30. The highest BCUT2D eigenvalue weighted by atomic mass is 16.6. The lowest BCUT2D eigenvalue weighted by Crippen LogP contribution is -2.50. The lowest BCUT2D eigenvalue weighted by Gasteiger charge is -2.35. The number of anilines is 2. The van der Waals surface area contributed by atoms with Crippen LogP contribution >= 0.6 is 0 Å². The van der Waals surface area contributed by atoms with Gasteiger partial charge >= 0.3 is 0 Å². The number of ether oxygens (including phenoxy) is 1. The minimum atomic E-state index is -0.821. The van der Waals surface area contributed by atoms with Crippen LogP contribution in [0.3, 0.4) is 0 Å². The van der Waals surface area contributed by atoms with Crippen molar-refractivity contribution in [3.63, 3.8) is 0 Å². The Bertz CT molecular complexity index is 966. The summed E-state index contributed by atoms with van der Waals surface area (Å²) in [6.45, 7) is 7.29. The van der Waals surface area contributed by atoms with E-state index >= 15 is 0 Å². The number of carbonyl (C=O) groups is 2. The number of carbonyl (C=O) groups excluding carboxylic acids is 2. The summed E-state index contributed by atoms with van der Waals surface area (Å²) in [5, 5.41) is 13.9. The van der Waals surface area contributed by atoms with E-state index in [9.17, 15) is 19.7 Å². The predicted molar refractivity (Wildman–Crippen MR) is 109 cm³/mol. The van der Waals surface area contributed by atoms with E-state index in [1.807, 2.05) is 45.9 Å². The highest BCUT2D eigenvalue weighted by Crippen LogP contribution is 2.38. The number of nitro benzene ring substituents is 1. The number of hydrogen-bond donors (Lipinski definition) is 1. The van der Waals surface area contributed by atoms with Crippen LogP contribution in [-0.4, -0.2) is 29.4 Å². The van der Waals surface area contributed by atoms with E-state index in [0.717, 1.165) is 11.1 Å². The molecule has 8 heteroatoms. The van der Waals surface area contributed by atoms with Crippen molar-refractivity contribution >= 4 is 28.9 Å². The zero-order valence-corrected chi connectivity index (χ0v) is 16.8. The molecule has 0 aliphatic carbocycles. The first kappa shape index (κ1) is 20.3. The Labute approximate surface area is 168 Å². The molecule has 0 aromatic heterocycles. The molecule has 0 spiro atoms. The number of nitro groups is 1. The molecule has 1 N–H and O–H groups in total. The molecule has 0 fully saturated rings. The summed E-state index contributed by atoms with van der Waals surface area (Å²) >= 11 is 0. The molecule has 3 rings (SSSR count). The second kappa shape index (κ2) is 7.90. The Morgan fingerprint density at radius 1 is 1.21 bits per heavy atom. The van der Waals surface area contributed by atoms with Gasteiger partial charge in [0.05, 0.1) is 16.7 Å². The molecule has 0 bridgehead atoms. The van der Waals surface area contributed by atoms with Crippen molar-refractivity contribution in [2.75, 3.05) is 16.8 Å². The third-order valence-corrected chi connectivity index (χ3v) is 4.62. The zero-order chi connectivity index (χ0) is 21.3. The molecule has 0 radical (unpaired) electrons. The van der Waals surface area contributed by atoms with Crippen molar-refractivity contribution in [1.82, 2.24) is 0 Å². The lowest BCUT2D eigenvalue weighted by atomic mass is 10.0. The van der Waals surface area contributed by atoms with Gasteiger partial charge in [0.15, 0.2) is 11.9 Å². The Morgan fingerprint density at radius 2 is 1.86 bits per heavy atom. The fourth-order valence-electron chi connectivity index (χ4n) is 3.37. The maximum atomic E-state index is 12.9. The van der Waals surface area contributed by atoms with Crippen LogP contribution in [0.5, 0.6) is 5.75 Å². The first-order chi connectivity index (χ1) is 13.7. The molecule has 8 nitrogen and oxygen atoms in total. The van der Waals surface area contributed by atoms with E-state index in [0.29, 0.717) is 11.4 Å². The quantitative estimate of drug-likeness (QED) is 0.613. The van der Waals surface area contributed by atoms with Crippen LogP contribution in [0.4, 0.5) is 17.1 Å². The molecule has 0 saturated carbocycles. The summed E-state index contributed by atoms with van der Waals surface area (Å²) in [7, 11) is 0. The van der Waals surface area contributed by atoms with Gasteiger partial charge in [0.1, 0.15) is 6.54 Å². The molecular weight excluding hydrogens is 374 g/mol. The SMILES string of the molecule is Cc1cc(C)cc(NC(=O)CN2C(=O)C(C(C)C)Oc3cc([N+](=O)[O-])ccc32)c1. The number of non-ortho nitro benzene ring substituents is 1. The molecule has 2 amide bonds. The summed E-state index contributed by atoms with van der Waals surface area (Å²) in [6, 6.07) is 9.70. The molecule has 152 valence electrons. The van der Waals surface area contributed by atoms with E-state index in [-0.39, 0.29) is 35.7 Å². The van der Waals surface area contributed by atoms with Gasteiger partial charge in [-0.05, 0) is 49.1 Å². The van der Waals surface area contributed by atoms with Gasteiger partial charge in [-0.25, -0.2) is 0 Å². The third-order valence-electron chi connectivity index (χ3n) is 4.62. The number of benzene rings is 2. The Kier molecular flexibility index (Phi) is 5.54. The Hall–Kier alpha value is -3.42. The smallest absolute Gasteiger partial charge is 0.273 e. The summed E-state index contributed by atoms with van der Waals surface area (Å²) in [5.41, 5.74) is 2.88. The minimum absolute atomic E-state index is 0.139. The van der Waals surface area contributed by atoms with Crippen LogP contribution in [-0.2, 0) is 9.59 Å². The van der Waals surface area contributed by atoms with Crippen molar-refractivity contribution in [2.24, 2.45) is 5.92 Å². The molecule has 1 heterocycles. The maximum absolute atomic E-state index is 12.9. The van der Waals surface area contributed by atoms with Gasteiger partial charge < -0.3 is 10.1 Å². The number of nitrogens with zero attached hydrogens (tertiary/aromatic N) is 2. The zero-order valence-electron chi connectivity index (χ0n) is 16.8. The maximum Gasteiger partial charge on any atom is 0.273 e. The van der Waals surface area contributed by atoms with Crippen LogP contribution in [0.1, 0.15) is 25.0 Å². The van der Waals surface area contributed by atoms with Crippen LogP contribution in [0.25, 0.3) is 0 Å². The van der Waals surface area contributed by atoms with Gasteiger partial charge in [-0.15, -0.1) is 0 Å². The standard InChI is InChI=1S/C21H23N3O5/c1-12(2)20-21(26)23(17-6-5-16(24(27)28)10-18(17)29-20)11-19(25)22-15-8-13(3)7-14(4)9-15/h5-10,12,20H,11H2,1-4H3,(H,22,25). The van der Waals surface area contributed by atoms with Crippen molar-refractivity contribution in [3.8, 4) is 5.75 Å². The predicted octanol–water partition coefficient (Wildman–Crippen LogP) is 3.60. The molecule has 2 aromatic carbocycles. The van der Waals surface area contributed by atoms with Gasteiger partial charge in [0, 0.05) is 11.8 Å². The van der Waals surface area contributed by atoms with E-state index in [2.05, 4.69) is 5.32 Å². The molecular formula is C21H23N3O5. The summed E-state index contributed by atoms with van der Waals surface area (Å²) in [5.74, 6) is -0.661. The van der Waals surface area contributed by atoms with E-state index < -0.39 is 11.0 Å². The van der Waals surface area contributed by atoms with E-state index in [1.165, 1.54) is 23.1 Å². The normalized spacial score (nSPS) is 15.7. The van der Waals surface area contributed by atoms with E-state index in [1.54, 1.807) is 0 Å². The van der Waals surface area contributed by atoms with Gasteiger partial charge in [-0.1, -0.05) is 19.9 Å². The van der Waals surface area contributed by atoms with E-state index in [4.69, 9.17) is 4.74 Å². The number of rotatable bonds is 5. The number of aryl methyl sites for hydroxylation is 2. The molecule has 1 atom stereocenters. The van der Waals surface area contributed by atoms with Gasteiger partial charge in [-0.3, -0.25) is 24.6 Å². The molecule has 1 aliphatic heterocycles. The largest absolute Gasteiger partial charge is 0.478 e. The Morgan fingerprint density at radius 3 is 2.45 bits per heavy atom. The van der Waals surface area contributed by atoms with Crippen molar-refractivity contribution in [2.45, 2.75) is 33.8 Å². The highest BCUT2D eigenvalue weighted by Gasteiger charge is 2.38. The number of amides is 2. The molecule has 0 saturated heterocycles. The fourth-order valence-corrected chi connectivity index (χ4v) is 3.37. The van der Waals surface area contributed by atoms with Crippen LogP contribution in [0.2, 0.25) is 0 Å². The molecule has 1 unspecified atom stereocenters. The average molecular weight is 397 g/mol. The van der Waals surface area contributed by atoms with Crippen LogP contribution < -0.4 is 15.0 Å². The van der Waals surface area contributed by atoms with Gasteiger partial charge in [0.25, 0.3) is 11.6 Å². The number of hydrogen-bond acceptors (Lipinski definition) is 5. The summed E-state index contributed by atoms with van der Waals surface area (Å²) in [6.07, 6.45) is -0.821. The van der Waals surface area contributed by atoms with Gasteiger partial charge in [0.2, 0.25) is 5.91 Å². The topological polar surface area (TPSA) is 102 Å². The summed E-state index contributed by atoms with van der Waals surface area (Å²) < 4.78 is 5.73. The highest BCUT2D eigenvalue weighted by molar-refractivity contribution is 6.06.